The number of hydrogen-bond donors (Lipinski definition) is 0. The second kappa shape index (κ2) is 6.19. The molecule has 0 aliphatic rings. The molecular weight excluding hydrogens is 316 g/mol. The summed E-state index contributed by atoms with van der Waals surface area (Å²) in [5, 5.41) is 11.4. The molecular formula is C11H13BrN4OS. The zero-order chi connectivity index (χ0) is 13.0. The summed E-state index contributed by atoms with van der Waals surface area (Å²) >= 11 is 3.37. The molecule has 1 heterocycles. The van der Waals surface area contributed by atoms with Crippen molar-refractivity contribution in [3.05, 3.63) is 34.6 Å². The lowest BCUT2D eigenvalue weighted by Gasteiger charge is -2.03. The zero-order valence-corrected chi connectivity index (χ0v) is 12.3. The van der Waals surface area contributed by atoms with Crippen LogP contribution in [0.1, 0.15) is 19.2 Å². The predicted octanol–water partition coefficient (Wildman–Crippen LogP) is 2.15. The van der Waals surface area contributed by atoms with Gasteiger partial charge in [-0.3, -0.25) is 4.21 Å². The number of benzene rings is 1. The highest BCUT2D eigenvalue weighted by Gasteiger charge is 2.11. The van der Waals surface area contributed by atoms with Crippen LogP contribution in [0.3, 0.4) is 0 Å². The van der Waals surface area contributed by atoms with Crippen LogP contribution in [0, 0.1) is 0 Å². The number of aromatic nitrogens is 4. The van der Waals surface area contributed by atoms with Crippen molar-refractivity contribution in [2.75, 3.05) is 0 Å². The van der Waals surface area contributed by atoms with E-state index < -0.39 is 10.8 Å². The van der Waals surface area contributed by atoms with E-state index in [1.807, 2.05) is 24.3 Å². The first-order valence-corrected chi connectivity index (χ1v) is 7.71. The third-order valence-electron chi connectivity index (χ3n) is 2.36. The van der Waals surface area contributed by atoms with E-state index in [2.05, 4.69) is 38.4 Å². The van der Waals surface area contributed by atoms with E-state index in [-0.39, 0.29) is 0 Å². The molecule has 1 aromatic carbocycles. The van der Waals surface area contributed by atoms with Gasteiger partial charge in [-0.15, -0.1) is 5.10 Å². The molecule has 0 aliphatic carbocycles. The molecule has 0 N–H and O–H groups in total. The molecule has 2 rings (SSSR count). The fourth-order valence-electron chi connectivity index (χ4n) is 1.52. The van der Waals surface area contributed by atoms with E-state index in [4.69, 9.17) is 0 Å². The minimum atomic E-state index is -1.13. The van der Waals surface area contributed by atoms with Crippen LogP contribution in [0.5, 0.6) is 0 Å². The third-order valence-corrected chi connectivity index (χ3v) is 4.15. The van der Waals surface area contributed by atoms with Crippen molar-refractivity contribution >= 4 is 26.7 Å². The molecule has 1 atom stereocenters. The van der Waals surface area contributed by atoms with E-state index in [9.17, 15) is 4.21 Å². The van der Waals surface area contributed by atoms with Crippen LogP contribution < -0.4 is 0 Å². The summed E-state index contributed by atoms with van der Waals surface area (Å²) in [5.41, 5.74) is 0. The third kappa shape index (κ3) is 3.23. The normalized spacial score (nSPS) is 12.6. The van der Waals surface area contributed by atoms with Crippen LogP contribution in [0.2, 0.25) is 0 Å². The predicted molar refractivity (Wildman–Crippen MR) is 72.4 cm³/mol. The first kappa shape index (κ1) is 13.4. The molecule has 96 valence electrons. The van der Waals surface area contributed by atoms with Gasteiger partial charge in [-0.25, -0.2) is 4.68 Å². The van der Waals surface area contributed by atoms with Gasteiger partial charge in [0.1, 0.15) is 0 Å². The monoisotopic (exact) mass is 328 g/mol. The van der Waals surface area contributed by atoms with E-state index >= 15 is 0 Å². The van der Waals surface area contributed by atoms with Gasteiger partial charge in [0, 0.05) is 15.9 Å². The number of aryl methyl sites for hydroxylation is 1. The maximum Gasteiger partial charge on any atom is 0.164 e. The summed E-state index contributed by atoms with van der Waals surface area (Å²) in [4.78, 5) is 0.774. The molecule has 18 heavy (non-hydrogen) atoms. The minimum Gasteiger partial charge on any atom is -0.254 e. The van der Waals surface area contributed by atoms with Gasteiger partial charge in [-0.2, -0.15) is 0 Å². The Morgan fingerprint density at radius 3 is 3.00 bits per heavy atom. The Kier molecular flexibility index (Phi) is 4.60. The Bertz CT molecular complexity index is 557. The summed E-state index contributed by atoms with van der Waals surface area (Å²) < 4.78 is 14.8. The minimum absolute atomic E-state index is 0.337. The van der Waals surface area contributed by atoms with Crippen molar-refractivity contribution in [2.24, 2.45) is 0 Å². The van der Waals surface area contributed by atoms with Crippen LogP contribution in [0.15, 0.2) is 33.6 Å². The van der Waals surface area contributed by atoms with Crippen molar-refractivity contribution < 1.29 is 4.21 Å². The Morgan fingerprint density at radius 1 is 1.44 bits per heavy atom. The largest absolute Gasteiger partial charge is 0.254 e. The Morgan fingerprint density at radius 2 is 2.28 bits per heavy atom. The van der Waals surface area contributed by atoms with Gasteiger partial charge in [0.05, 0.1) is 16.6 Å². The molecule has 2 aromatic rings. The van der Waals surface area contributed by atoms with Crippen LogP contribution in [0.4, 0.5) is 0 Å². The molecule has 7 heteroatoms. The van der Waals surface area contributed by atoms with Crippen LogP contribution in [-0.4, -0.2) is 24.4 Å². The average molecular weight is 329 g/mol. The quantitative estimate of drug-likeness (QED) is 0.843. The summed E-state index contributed by atoms with van der Waals surface area (Å²) in [7, 11) is -1.13. The first-order valence-electron chi connectivity index (χ1n) is 5.59. The molecule has 0 saturated carbocycles. The Hall–Kier alpha value is -1.08. The van der Waals surface area contributed by atoms with Gasteiger partial charge in [-0.05, 0) is 35.0 Å². The van der Waals surface area contributed by atoms with Crippen molar-refractivity contribution in [1.29, 1.82) is 0 Å². The van der Waals surface area contributed by atoms with Crippen molar-refractivity contribution in [2.45, 2.75) is 30.5 Å². The van der Waals surface area contributed by atoms with Gasteiger partial charge < -0.3 is 0 Å². The van der Waals surface area contributed by atoms with E-state index in [1.54, 1.807) is 4.68 Å². The van der Waals surface area contributed by atoms with Gasteiger partial charge in [0.25, 0.3) is 0 Å². The molecule has 5 nitrogen and oxygen atoms in total. The second-order valence-electron chi connectivity index (χ2n) is 3.77. The molecule has 0 radical (unpaired) electrons. The smallest absolute Gasteiger partial charge is 0.164 e. The van der Waals surface area contributed by atoms with E-state index in [0.717, 1.165) is 22.3 Å². The lowest BCUT2D eigenvalue weighted by molar-refractivity contribution is 0.562. The van der Waals surface area contributed by atoms with Crippen molar-refractivity contribution in [3.63, 3.8) is 0 Å². The van der Waals surface area contributed by atoms with Crippen molar-refractivity contribution in [1.82, 2.24) is 20.2 Å². The highest BCUT2D eigenvalue weighted by molar-refractivity contribution is 9.10. The molecule has 0 spiro atoms. The number of nitrogens with zero attached hydrogens (tertiary/aromatic N) is 4. The molecule has 0 bridgehead atoms. The fourth-order valence-corrected chi connectivity index (χ4v) is 3.17. The highest BCUT2D eigenvalue weighted by Crippen LogP contribution is 2.16. The molecule has 0 amide bonds. The molecule has 0 unspecified atom stereocenters. The second-order valence-corrected chi connectivity index (χ2v) is 6.13. The standard InChI is InChI=1S/C11H13BrN4OS/c1-2-6-16-11(13-14-15-16)8-18(17)10-5-3-4-9(12)7-10/h3-5,7H,2,6,8H2,1H3/t18-/m0/s1. The maximum absolute atomic E-state index is 12.2. The SMILES string of the molecule is CCCn1nnnc1C[S@](=O)c1cccc(Br)c1. The summed E-state index contributed by atoms with van der Waals surface area (Å²) in [5.74, 6) is 0.999. The number of hydrogen-bond acceptors (Lipinski definition) is 4. The van der Waals surface area contributed by atoms with Crippen LogP contribution in [-0.2, 0) is 23.1 Å². The Labute approximate surface area is 116 Å². The van der Waals surface area contributed by atoms with E-state index in [0.29, 0.717) is 11.6 Å². The molecule has 0 saturated heterocycles. The number of rotatable bonds is 5. The number of halogens is 1. The van der Waals surface area contributed by atoms with Crippen LogP contribution >= 0.6 is 15.9 Å². The van der Waals surface area contributed by atoms with Crippen LogP contribution in [0.25, 0.3) is 0 Å². The van der Waals surface area contributed by atoms with Gasteiger partial charge in [0.2, 0.25) is 0 Å². The first-order chi connectivity index (χ1) is 8.70. The molecule has 1 aromatic heterocycles. The average Bonchev–Trinajstić information content (AvgIpc) is 2.77. The Balaban J connectivity index is 2.14. The van der Waals surface area contributed by atoms with Gasteiger partial charge in [-0.1, -0.05) is 28.9 Å². The van der Waals surface area contributed by atoms with Gasteiger partial charge in [0.15, 0.2) is 5.82 Å². The number of tetrazole rings is 1. The topological polar surface area (TPSA) is 60.7 Å². The molecule has 0 aliphatic heterocycles. The maximum atomic E-state index is 12.2. The van der Waals surface area contributed by atoms with Crippen molar-refractivity contribution in [3.8, 4) is 0 Å². The lowest BCUT2D eigenvalue weighted by atomic mass is 10.4. The molecule has 0 fully saturated rings. The summed E-state index contributed by atoms with van der Waals surface area (Å²) in [6, 6.07) is 7.47. The lowest BCUT2D eigenvalue weighted by Crippen LogP contribution is -2.08. The fraction of sp³-hybridized carbons (Fsp3) is 0.364. The summed E-state index contributed by atoms with van der Waals surface area (Å²) in [6.45, 7) is 2.80. The summed E-state index contributed by atoms with van der Waals surface area (Å²) in [6.07, 6.45) is 0.946. The van der Waals surface area contributed by atoms with E-state index in [1.165, 1.54) is 0 Å². The van der Waals surface area contributed by atoms with Gasteiger partial charge >= 0.3 is 0 Å². The highest BCUT2D eigenvalue weighted by atomic mass is 79.9. The zero-order valence-electron chi connectivity index (χ0n) is 9.91.